The highest BCUT2D eigenvalue weighted by Crippen LogP contribution is 2.40. The maximum absolute atomic E-state index is 12.6. The number of aliphatic imine (C=N–C) groups is 1. The molecule has 3 aromatic rings. The summed E-state index contributed by atoms with van der Waals surface area (Å²) >= 11 is 4.17. The number of hydrogen-bond acceptors (Lipinski definition) is 6. The quantitative estimate of drug-likeness (QED) is 0.550. The second-order valence-corrected chi connectivity index (χ2v) is 8.99. The smallest absolute Gasteiger partial charge is 0.278 e. The van der Waals surface area contributed by atoms with E-state index in [-0.39, 0.29) is 11.8 Å². The van der Waals surface area contributed by atoms with E-state index in [2.05, 4.69) is 27.6 Å². The molecule has 8 nitrogen and oxygen atoms in total. The Morgan fingerprint density at radius 2 is 2.06 bits per heavy atom. The predicted octanol–water partition coefficient (Wildman–Crippen LogP) is 3.55. The van der Waals surface area contributed by atoms with Crippen molar-refractivity contribution in [2.75, 3.05) is 26.0 Å². The maximum atomic E-state index is 12.6. The van der Waals surface area contributed by atoms with Crippen LogP contribution in [0.3, 0.4) is 0 Å². The molecule has 2 aromatic heterocycles. The number of carbonyl (C=O) groups is 2. The average Bonchev–Trinajstić information content (AvgIpc) is 3.35. The summed E-state index contributed by atoms with van der Waals surface area (Å²) in [5.41, 5.74) is 3.28. The predicted molar refractivity (Wildman–Crippen MR) is 133 cm³/mol. The Hall–Kier alpha value is -3.46. The first kappa shape index (κ1) is 22.3. The molecule has 4 heterocycles. The maximum Gasteiger partial charge on any atom is 0.278 e. The molecule has 5 rings (SSSR count). The summed E-state index contributed by atoms with van der Waals surface area (Å²) < 4.78 is 5.32. The summed E-state index contributed by atoms with van der Waals surface area (Å²) in [5, 5.41) is 0. The number of H-pyrrole nitrogens is 1. The molecule has 0 saturated carbocycles. The Morgan fingerprint density at radius 1 is 1.24 bits per heavy atom. The number of piperidine rings is 1. The fourth-order valence-electron chi connectivity index (χ4n) is 4.67. The molecule has 1 aromatic carbocycles. The van der Waals surface area contributed by atoms with Gasteiger partial charge in [-0.1, -0.05) is 12.1 Å². The van der Waals surface area contributed by atoms with E-state index in [0.29, 0.717) is 55.2 Å². The van der Waals surface area contributed by atoms with Gasteiger partial charge in [-0.25, -0.2) is 15.0 Å². The van der Waals surface area contributed by atoms with E-state index in [9.17, 15) is 9.59 Å². The molecule has 2 amide bonds. The van der Waals surface area contributed by atoms with Crippen LogP contribution in [0.4, 0.5) is 0 Å². The number of thiol groups is 1. The third-order valence-corrected chi connectivity index (χ3v) is 6.79. The summed E-state index contributed by atoms with van der Waals surface area (Å²) in [5.74, 6) is 1.69. The second kappa shape index (κ2) is 9.06. The van der Waals surface area contributed by atoms with Gasteiger partial charge in [0, 0.05) is 48.6 Å². The van der Waals surface area contributed by atoms with Crippen LogP contribution in [0.5, 0.6) is 5.75 Å². The zero-order valence-electron chi connectivity index (χ0n) is 18.8. The van der Waals surface area contributed by atoms with Crippen molar-refractivity contribution in [3.8, 4) is 28.5 Å². The van der Waals surface area contributed by atoms with Crippen molar-refractivity contribution in [2.24, 2.45) is 4.99 Å². The minimum atomic E-state index is -0.401. The molecule has 1 N–H and O–H groups in total. The fraction of sp³-hybridized carbons (Fsp3) is 0.320. The Morgan fingerprint density at radius 3 is 2.82 bits per heavy atom. The van der Waals surface area contributed by atoms with E-state index in [1.165, 1.54) is 0 Å². The number of likely N-dealkylation sites (tertiary alicyclic amines) is 1. The second-order valence-electron chi connectivity index (χ2n) is 8.54. The first-order valence-electron chi connectivity index (χ1n) is 11.2. The summed E-state index contributed by atoms with van der Waals surface area (Å²) in [7, 11) is 1.62. The van der Waals surface area contributed by atoms with Crippen LogP contribution in [-0.4, -0.2) is 63.8 Å². The van der Waals surface area contributed by atoms with Gasteiger partial charge in [0.2, 0.25) is 5.91 Å². The molecule has 34 heavy (non-hydrogen) atoms. The molecular formula is C25H25N5O3S. The van der Waals surface area contributed by atoms with E-state index in [4.69, 9.17) is 9.72 Å². The molecule has 174 valence electrons. The highest BCUT2D eigenvalue weighted by molar-refractivity contribution is 7.80. The van der Waals surface area contributed by atoms with Crippen LogP contribution in [-0.2, 0) is 10.2 Å². The largest absolute Gasteiger partial charge is 0.497 e. The van der Waals surface area contributed by atoms with Gasteiger partial charge in [-0.2, -0.15) is 12.6 Å². The van der Waals surface area contributed by atoms with Gasteiger partial charge in [0.1, 0.15) is 5.75 Å². The highest BCUT2D eigenvalue weighted by atomic mass is 32.1. The van der Waals surface area contributed by atoms with Gasteiger partial charge < -0.3 is 14.6 Å². The van der Waals surface area contributed by atoms with Crippen LogP contribution in [0.2, 0.25) is 0 Å². The molecule has 9 heteroatoms. The molecule has 1 fully saturated rings. The van der Waals surface area contributed by atoms with Crippen molar-refractivity contribution in [3.05, 3.63) is 53.9 Å². The van der Waals surface area contributed by atoms with E-state index in [0.717, 1.165) is 22.7 Å². The van der Waals surface area contributed by atoms with Gasteiger partial charge in [0.05, 0.1) is 24.1 Å². The SMILES string of the molecule is COc1cccc(-c2nccc(-c3cc4c([nH]3)C3(C=NC4=O)CCN(C(=O)CCS)CC3)n2)c1. The number of fused-ring (bicyclic) bond motifs is 2. The molecule has 2 aliphatic rings. The fourth-order valence-corrected chi connectivity index (χ4v) is 4.86. The van der Waals surface area contributed by atoms with Gasteiger partial charge in [0.15, 0.2) is 5.82 Å². The van der Waals surface area contributed by atoms with Crippen molar-refractivity contribution < 1.29 is 14.3 Å². The molecule has 0 unspecified atom stereocenters. The number of rotatable bonds is 5. The van der Waals surface area contributed by atoms with Crippen LogP contribution < -0.4 is 4.74 Å². The van der Waals surface area contributed by atoms with Crippen LogP contribution in [0.15, 0.2) is 47.6 Å². The van der Waals surface area contributed by atoms with Crippen molar-refractivity contribution in [1.29, 1.82) is 0 Å². The molecule has 0 aliphatic carbocycles. The first-order chi connectivity index (χ1) is 16.5. The Labute approximate surface area is 202 Å². The molecule has 0 atom stereocenters. The molecule has 1 saturated heterocycles. The van der Waals surface area contributed by atoms with Crippen molar-refractivity contribution in [3.63, 3.8) is 0 Å². The van der Waals surface area contributed by atoms with E-state index in [1.54, 1.807) is 19.5 Å². The van der Waals surface area contributed by atoms with E-state index in [1.807, 2.05) is 41.3 Å². The lowest BCUT2D eigenvalue weighted by atomic mass is 9.74. The van der Waals surface area contributed by atoms with Crippen LogP contribution >= 0.6 is 12.6 Å². The number of benzene rings is 1. The summed E-state index contributed by atoms with van der Waals surface area (Å²) in [6.07, 6.45) is 5.31. The Balaban J connectivity index is 1.46. The Kier molecular flexibility index (Phi) is 5.95. The summed E-state index contributed by atoms with van der Waals surface area (Å²) in [6, 6.07) is 11.2. The lowest BCUT2D eigenvalue weighted by molar-refractivity contribution is -0.132. The monoisotopic (exact) mass is 475 g/mol. The summed E-state index contributed by atoms with van der Waals surface area (Å²) in [6.45, 7) is 1.24. The van der Waals surface area contributed by atoms with E-state index < -0.39 is 5.41 Å². The van der Waals surface area contributed by atoms with Gasteiger partial charge in [-0.15, -0.1) is 0 Å². The number of amides is 2. The van der Waals surface area contributed by atoms with Crippen LogP contribution in [0, 0.1) is 0 Å². The first-order valence-corrected chi connectivity index (χ1v) is 11.9. The average molecular weight is 476 g/mol. The van der Waals surface area contributed by atoms with Crippen molar-refractivity contribution in [2.45, 2.75) is 24.7 Å². The number of nitrogens with one attached hydrogen (secondary N) is 1. The standard InChI is InChI=1S/C25H25N5O3S/c1-33-17-4-2-3-16(13-17)23-26-9-5-19(29-23)20-14-18-22(28-20)25(15-27-24(18)32)7-10-30(11-8-25)21(31)6-12-34/h2-5,9,13-15,28,34H,6-8,10-12H2,1H3. The van der Waals surface area contributed by atoms with Gasteiger partial charge in [-0.3, -0.25) is 9.59 Å². The third kappa shape index (κ3) is 4.00. The molecule has 0 radical (unpaired) electrons. The number of aromatic amines is 1. The van der Waals surface area contributed by atoms with E-state index >= 15 is 0 Å². The molecule has 1 spiro atoms. The Bertz CT molecular complexity index is 1280. The van der Waals surface area contributed by atoms with Gasteiger partial charge in [0.25, 0.3) is 5.91 Å². The normalized spacial score (nSPS) is 16.5. The van der Waals surface area contributed by atoms with Crippen molar-refractivity contribution >= 4 is 30.7 Å². The number of nitrogens with zero attached hydrogens (tertiary/aromatic N) is 4. The zero-order chi connectivity index (χ0) is 23.7. The lowest BCUT2D eigenvalue weighted by Crippen LogP contribution is -2.47. The van der Waals surface area contributed by atoms with Crippen LogP contribution in [0.25, 0.3) is 22.8 Å². The molecule has 0 bridgehead atoms. The number of hydrogen-bond donors (Lipinski definition) is 2. The molecular weight excluding hydrogens is 450 g/mol. The number of carbonyl (C=O) groups excluding carboxylic acids is 2. The van der Waals surface area contributed by atoms with Gasteiger partial charge >= 0.3 is 0 Å². The van der Waals surface area contributed by atoms with Gasteiger partial charge in [-0.05, 0) is 42.9 Å². The number of ether oxygens (including phenoxy) is 1. The minimum absolute atomic E-state index is 0.118. The van der Waals surface area contributed by atoms with Crippen molar-refractivity contribution in [1.82, 2.24) is 19.9 Å². The zero-order valence-corrected chi connectivity index (χ0v) is 19.7. The highest BCUT2D eigenvalue weighted by Gasteiger charge is 2.42. The minimum Gasteiger partial charge on any atom is -0.497 e. The number of methoxy groups -OCH3 is 1. The number of aromatic nitrogens is 3. The lowest BCUT2D eigenvalue weighted by Gasteiger charge is -2.40. The summed E-state index contributed by atoms with van der Waals surface area (Å²) in [4.78, 5) is 43.6. The van der Waals surface area contributed by atoms with Crippen LogP contribution in [0.1, 0.15) is 35.3 Å². The topological polar surface area (TPSA) is 101 Å². The third-order valence-electron chi connectivity index (χ3n) is 6.57. The molecule has 2 aliphatic heterocycles.